The Morgan fingerprint density at radius 2 is 2.00 bits per heavy atom. The molecule has 1 aromatic rings. The number of nitrogen functional groups attached to an aromatic ring is 1. The third-order valence-electron chi connectivity index (χ3n) is 2.78. The molecule has 19 heavy (non-hydrogen) atoms. The Morgan fingerprint density at radius 1 is 1.37 bits per heavy atom. The highest BCUT2D eigenvalue weighted by Crippen LogP contribution is 2.14. The van der Waals surface area contributed by atoms with Crippen LogP contribution in [0.1, 0.15) is 27.7 Å². The van der Waals surface area contributed by atoms with Gasteiger partial charge in [0.05, 0.1) is 5.60 Å². The van der Waals surface area contributed by atoms with Crippen LogP contribution >= 0.6 is 0 Å². The summed E-state index contributed by atoms with van der Waals surface area (Å²) in [5, 5.41) is 2.95. The number of anilines is 2. The standard InChI is InChI=1S/C12H22N4O3/c1-5-16-9(13)8(10(17)15-11(16)18)14-7-12(3,4)19-6-2/h14H,5-7,13H2,1-4H3,(H,15,17,18). The number of aromatic nitrogens is 2. The Bertz CT molecular complexity index is 545. The molecule has 1 heterocycles. The van der Waals surface area contributed by atoms with Gasteiger partial charge in [0.1, 0.15) is 11.5 Å². The van der Waals surface area contributed by atoms with Crippen LogP contribution in [0.3, 0.4) is 0 Å². The quantitative estimate of drug-likeness (QED) is 0.693. The van der Waals surface area contributed by atoms with E-state index in [9.17, 15) is 9.59 Å². The second-order valence-electron chi connectivity index (χ2n) is 4.81. The van der Waals surface area contributed by atoms with Gasteiger partial charge in [-0.15, -0.1) is 0 Å². The molecule has 0 fully saturated rings. The molecule has 0 unspecified atom stereocenters. The highest BCUT2D eigenvalue weighted by molar-refractivity contribution is 5.60. The lowest BCUT2D eigenvalue weighted by Gasteiger charge is -2.25. The van der Waals surface area contributed by atoms with E-state index in [1.54, 1.807) is 6.92 Å². The SMILES string of the molecule is CCOC(C)(C)CNc1c(N)n(CC)c(=O)[nH]c1=O. The lowest BCUT2D eigenvalue weighted by atomic mass is 10.1. The fourth-order valence-corrected chi connectivity index (χ4v) is 1.82. The first-order valence-electron chi connectivity index (χ1n) is 6.32. The van der Waals surface area contributed by atoms with Gasteiger partial charge in [0.25, 0.3) is 5.56 Å². The summed E-state index contributed by atoms with van der Waals surface area (Å²) in [5.74, 6) is 0.142. The molecule has 7 heteroatoms. The van der Waals surface area contributed by atoms with Crippen LogP contribution < -0.4 is 22.3 Å². The number of nitrogens with two attached hydrogens (primary N) is 1. The van der Waals surface area contributed by atoms with Gasteiger partial charge >= 0.3 is 5.69 Å². The molecule has 0 aliphatic carbocycles. The van der Waals surface area contributed by atoms with Crippen molar-refractivity contribution in [1.82, 2.24) is 9.55 Å². The van der Waals surface area contributed by atoms with E-state index in [1.807, 2.05) is 20.8 Å². The molecule has 0 saturated carbocycles. The van der Waals surface area contributed by atoms with Gasteiger partial charge in [-0.25, -0.2) is 4.79 Å². The summed E-state index contributed by atoms with van der Waals surface area (Å²) >= 11 is 0. The number of nitrogens with one attached hydrogen (secondary N) is 2. The van der Waals surface area contributed by atoms with Crippen molar-refractivity contribution in [2.75, 3.05) is 24.2 Å². The fourth-order valence-electron chi connectivity index (χ4n) is 1.82. The fraction of sp³-hybridized carbons (Fsp3) is 0.667. The maximum Gasteiger partial charge on any atom is 0.330 e. The van der Waals surface area contributed by atoms with Crippen LogP contribution in [-0.2, 0) is 11.3 Å². The number of rotatable bonds is 6. The predicted octanol–water partition coefficient (Wildman–Crippen LogP) is 0.366. The zero-order valence-electron chi connectivity index (χ0n) is 11.9. The molecule has 0 saturated heterocycles. The summed E-state index contributed by atoms with van der Waals surface area (Å²) in [6.07, 6.45) is 0. The molecular formula is C12H22N4O3. The second kappa shape index (κ2) is 5.92. The van der Waals surface area contributed by atoms with Gasteiger partial charge in [0.2, 0.25) is 0 Å². The van der Waals surface area contributed by atoms with Crippen molar-refractivity contribution in [2.45, 2.75) is 39.8 Å². The third-order valence-corrected chi connectivity index (χ3v) is 2.78. The molecule has 7 nitrogen and oxygen atoms in total. The number of hydrogen-bond acceptors (Lipinski definition) is 5. The average molecular weight is 270 g/mol. The maximum absolute atomic E-state index is 11.8. The molecule has 0 aromatic carbocycles. The lowest BCUT2D eigenvalue weighted by Crippen LogP contribution is -2.38. The van der Waals surface area contributed by atoms with Crippen molar-refractivity contribution in [2.24, 2.45) is 0 Å². The van der Waals surface area contributed by atoms with Crippen LogP contribution in [-0.4, -0.2) is 28.3 Å². The summed E-state index contributed by atoms with van der Waals surface area (Å²) in [4.78, 5) is 25.5. The highest BCUT2D eigenvalue weighted by Gasteiger charge is 2.19. The predicted molar refractivity (Wildman–Crippen MR) is 75.6 cm³/mol. The van der Waals surface area contributed by atoms with Gasteiger partial charge in [-0.05, 0) is 27.7 Å². The van der Waals surface area contributed by atoms with Crippen molar-refractivity contribution in [1.29, 1.82) is 0 Å². The highest BCUT2D eigenvalue weighted by atomic mass is 16.5. The first kappa shape index (κ1) is 15.3. The third kappa shape index (κ3) is 3.60. The lowest BCUT2D eigenvalue weighted by molar-refractivity contribution is 0.000687. The normalized spacial score (nSPS) is 11.6. The van der Waals surface area contributed by atoms with E-state index in [2.05, 4.69) is 10.3 Å². The van der Waals surface area contributed by atoms with Gasteiger partial charge in [-0.2, -0.15) is 0 Å². The van der Waals surface area contributed by atoms with Crippen LogP contribution in [0.15, 0.2) is 9.59 Å². The van der Waals surface area contributed by atoms with Crippen molar-refractivity contribution >= 4 is 11.5 Å². The van der Waals surface area contributed by atoms with Crippen molar-refractivity contribution in [3.05, 3.63) is 20.8 Å². The van der Waals surface area contributed by atoms with E-state index in [0.29, 0.717) is 19.7 Å². The Morgan fingerprint density at radius 3 is 2.53 bits per heavy atom. The van der Waals surface area contributed by atoms with Gasteiger partial charge in [-0.1, -0.05) is 0 Å². The molecule has 0 radical (unpaired) electrons. The smallest absolute Gasteiger partial charge is 0.330 e. The Labute approximate surface area is 111 Å². The van der Waals surface area contributed by atoms with E-state index in [0.717, 1.165) is 0 Å². The van der Waals surface area contributed by atoms with E-state index in [4.69, 9.17) is 10.5 Å². The minimum Gasteiger partial charge on any atom is -0.383 e. The average Bonchev–Trinajstić information content (AvgIpc) is 2.28. The first-order chi connectivity index (χ1) is 8.82. The van der Waals surface area contributed by atoms with Gasteiger partial charge in [-0.3, -0.25) is 14.3 Å². The van der Waals surface area contributed by atoms with Crippen LogP contribution in [0.4, 0.5) is 11.5 Å². The summed E-state index contributed by atoms with van der Waals surface area (Å²) in [6, 6.07) is 0. The Balaban J connectivity index is 3.03. The van der Waals surface area contributed by atoms with Crippen molar-refractivity contribution in [3.8, 4) is 0 Å². The molecule has 0 aliphatic heterocycles. The number of nitrogens with zero attached hydrogens (tertiary/aromatic N) is 1. The van der Waals surface area contributed by atoms with Crippen LogP contribution in [0, 0.1) is 0 Å². The molecular weight excluding hydrogens is 248 g/mol. The Kier molecular flexibility index (Phi) is 4.77. The molecule has 1 rings (SSSR count). The zero-order valence-corrected chi connectivity index (χ0v) is 11.9. The molecule has 1 aromatic heterocycles. The van der Waals surface area contributed by atoms with Crippen LogP contribution in [0.25, 0.3) is 0 Å². The molecule has 0 spiro atoms. The van der Waals surface area contributed by atoms with E-state index < -0.39 is 16.9 Å². The topological polar surface area (TPSA) is 102 Å². The van der Waals surface area contributed by atoms with Crippen molar-refractivity contribution in [3.63, 3.8) is 0 Å². The van der Waals surface area contributed by atoms with E-state index in [1.165, 1.54) is 4.57 Å². The second-order valence-corrected chi connectivity index (χ2v) is 4.81. The van der Waals surface area contributed by atoms with Gasteiger partial charge in [0, 0.05) is 19.7 Å². The van der Waals surface area contributed by atoms with Crippen LogP contribution in [0.5, 0.6) is 0 Å². The molecule has 0 amide bonds. The van der Waals surface area contributed by atoms with Gasteiger partial charge in [0.15, 0.2) is 0 Å². The monoisotopic (exact) mass is 270 g/mol. The summed E-state index contributed by atoms with van der Waals surface area (Å²) in [6.45, 7) is 8.88. The van der Waals surface area contributed by atoms with E-state index in [-0.39, 0.29) is 11.5 Å². The summed E-state index contributed by atoms with van der Waals surface area (Å²) in [5.41, 5.74) is 4.60. The van der Waals surface area contributed by atoms with E-state index >= 15 is 0 Å². The molecule has 0 aliphatic rings. The molecule has 0 atom stereocenters. The van der Waals surface area contributed by atoms with Crippen LogP contribution in [0.2, 0.25) is 0 Å². The minimum absolute atomic E-state index is 0.142. The molecule has 0 bridgehead atoms. The van der Waals surface area contributed by atoms with Gasteiger partial charge < -0.3 is 15.8 Å². The number of H-pyrrole nitrogens is 1. The summed E-state index contributed by atoms with van der Waals surface area (Å²) < 4.78 is 6.83. The Hall–Kier alpha value is -1.76. The summed E-state index contributed by atoms with van der Waals surface area (Å²) in [7, 11) is 0. The maximum atomic E-state index is 11.8. The largest absolute Gasteiger partial charge is 0.383 e. The molecule has 4 N–H and O–H groups in total. The van der Waals surface area contributed by atoms with Crippen molar-refractivity contribution < 1.29 is 4.74 Å². The zero-order chi connectivity index (χ0) is 14.6. The number of ether oxygens (including phenoxy) is 1. The number of aromatic amines is 1. The number of hydrogen-bond donors (Lipinski definition) is 3. The minimum atomic E-state index is -0.514. The molecule has 108 valence electrons. The first-order valence-corrected chi connectivity index (χ1v) is 6.32.